The summed E-state index contributed by atoms with van der Waals surface area (Å²) in [6.07, 6.45) is 2.24. The molecule has 0 amide bonds. The van der Waals surface area contributed by atoms with Crippen molar-refractivity contribution in [2.45, 2.75) is 18.8 Å². The van der Waals surface area contributed by atoms with Crippen LogP contribution in [-0.4, -0.2) is 49.8 Å². The summed E-state index contributed by atoms with van der Waals surface area (Å²) < 4.78 is 5.40. The van der Waals surface area contributed by atoms with E-state index in [-0.39, 0.29) is 5.96 Å². The Morgan fingerprint density at radius 3 is 2.75 bits per heavy atom. The molecule has 6 heteroatoms. The fourth-order valence-electron chi connectivity index (χ4n) is 2.45. The van der Waals surface area contributed by atoms with E-state index in [0.717, 1.165) is 31.5 Å². The number of aliphatic imine (C=N–C) groups is 2. The molecule has 0 unspecified atom stereocenters. The largest absolute Gasteiger partial charge is 0.481 e. The molecule has 2 N–H and O–H groups in total. The highest BCUT2D eigenvalue weighted by Gasteiger charge is 2.22. The molecular weight excluding hydrogens is 254 g/mol. The molecule has 2 heterocycles. The van der Waals surface area contributed by atoms with Gasteiger partial charge < -0.3 is 15.4 Å². The van der Waals surface area contributed by atoms with Crippen molar-refractivity contribution >= 4 is 18.5 Å². The van der Waals surface area contributed by atoms with Gasteiger partial charge in [-0.15, -0.1) is 0 Å². The number of pyridine rings is 1. The minimum Gasteiger partial charge on any atom is -0.481 e. The van der Waals surface area contributed by atoms with E-state index in [4.69, 9.17) is 10.5 Å². The number of guanidine groups is 1. The van der Waals surface area contributed by atoms with Crippen LogP contribution in [0.4, 0.5) is 5.82 Å². The van der Waals surface area contributed by atoms with Crippen LogP contribution in [0.1, 0.15) is 24.3 Å². The summed E-state index contributed by atoms with van der Waals surface area (Å²) in [5.74, 6) is 1.70. The molecule has 0 saturated carbocycles. The molecule has 1 aromatic heterocycles. The van der Waals surface area contributed by atoms with Crippen LogP contribution in [0.15, 0.2) is 22.1 Å². The third-order valence-corrected chi connectivity index (χ3v) is 3.62. The quantitative estimate of drug-likeness (QED) is 0.670. The molecule has 0 aliphatic carbocycles. The maximum absolute atomic E-state index is 5.53. The Hall–Kier alpha value is -1.95. The van der Waals surface area contributed by atoms with Gasteiger partial charge in [0, 0.05) is 5.56 Å². The summed E-state index contributed by atoms with van der Waals surface area (Å²) in [5, 5.41) is 0. The Morgan fingerprint density at radius 2 is 2.15 bits per heavy atom. The Balaban J connectivity index is 2.24. The lowest BCUT2D eigenvalue weighted by molar-refractivity contribution is 0.252. The predicted molar refractivity (Wildman–Crippen MR) is 81.1 cm³/mol. The van der Waals surface area contributed by atoms with Crippen LogP contribution in [0.5, 0.6) is 5.88 Å². The van der Waals surface area contributed by atoms with Crippen molar-refractivity contribution in [3.8, 4) is 5.88 Å². The molecule has 0 spiro atoms. The molecule has 0 atom stereocenters. The topological polar surface area (TPSA) is 76.1 Å². The lowest BCUT2D eigenvalue weighted by atomic mass is 9.90. The maximum Gasteiger partial charge on any atom is 0.221 e. The van der Waals surface area contributed by atoms with Gasteiger partial charge in [-0.25, -0.2) is 4.99 Å². The summed E-state index contributed by atoms with van der Waals surface area (Å²) in [6.45, 7) is 5.52. The van der Waals surface area contributed by atoms with E-state index < -0.39 is 0 Å². The number of likely N-dealkylation sites (tertiary alicyclic amines) is 1. The third-order valence-electron chi connectivity index (χ3n) is 3.62. The zero-order chi connectivity index (χ0) is 14.5. The SMILES string of the molecule is C=NC(N)=Nc1ccc(C2CCN(C)CC2)c(OC)n1. The zero-order valence-corrected chi connectivity index (χ0v) is 12.0. The molecule has 1 aliphatic heterocycles. The Kier molecular flexibility index (Phi) is 4.68. The van der Waals surface area contributed by atoms with Crippen LogP contribution in [0.2, 0.25) is 0 Å². The van der Waals surface area contributed by atoms with Crippen molar-refractivity contribution in [1.29, 1.82) is 0 Å². The van der Waals surface area contributed by atoms with E-state index in [0.29, 0.717) is 17.6 Å². The molecule has 1 saturated heterocycles. The van der Waals surface area contributed by atoms with Crippen LogP contribution in [0.3, 0.4) is 0 Å². The Bertz CT molecular complexity index is 506. The second-order valence-electron chi connectivity index (χ2n) is 4.97. The van der Waals surface area contributed by atoms with E-state index in [1.807, 2.05) is 12.1 Å². The number of hydrogen-bond donors (Lipinski definition) is 1. The van der Waals surface area contributed by atoms with Gasteiger partial charge in [0.1, 0.15) is 0 Å². The average Bonchev–Trinajstić information content (AvgIpc) is 2.48. The second kappa shape index (κ2) is 6.47. The zero-order valence-electron chi connectivity index (χ0n) is 12.0. The first-order chi connectivity index (χ1) is 9.63. The van der Waals surface area contributed by atoms with Crippen LogP contribution >= 0.6 is 0 Å². The lowest BCUT2D eigenvalue weighted by Gasteiger charge is -2.29. The number of aromatic nitrogens is 1. The van der Waals surface area contributed by atoms with Crippen molar-refractivity contribution < 1.29 is 4.74 Å². The van der Waals surface area contributed by atoms with Gasteiger partial charge in [-0.1, -0.05) is 0 Å². The molecule has 0 bridgehead atoms. The van der Waals surface area contributed by atoms with Crippen molar-refractivity contribution in [3.05, 3.63) is 17.7 Å². The molecule has 108 valence electrons. The molecule has 1 fully saturated rings. The highest BCUT2D eigenvalue weighted by atomic mass is 16.5. The fourth-order valence-corrected chi connectivity index (χ4v) is 2.45. The van der Waals surface area contributed by atoms with Gasteiger partial charge in [0.15, 0.2) is 5.82 Å². The van der Waals surface area contributed by atoms with Crippen molar-refractivity contribution in [2.75, 3.05) is 27.2 Å². The molecule has 6 nitrogen and oxygen atoms in total. The van der Waals surface area contributed by atoms with E-state index in [1.54, 1.807) is 7.11 Å². The molecule has 0 radical (unpaired) electrons. The normalized spacial score (nSPS) is 18.0. The summed E-state index contributed by atoms with van der Waals surface area (Å²) in [7, 11) is 3.78. The van der Waals surface area contributed by atoms with Crippen molar-refractivity contribution in [2.24, 2.45) is 15.7 Å². The summed E-state index contributed by atoms with van der Waals surface area (Å²) in [6, 6.07) is 3.87. The summed E-state index contributed by atoms with van der Waals surface area (Å²) >= 11 is 0. The first-order valence-electron chi connectivity index (χ1n) is 6.68. The van der Waals surface area contributed by atoms with Gasteiger partial charge in [-0.3, -0.25) is 0 Å². The van der Waals surface area contributed by atoms with Gasteiger partial charge in [0.2, 0.25) is 11.8 Å². The number of nitrogens with two attached hydrogens (primary N) is 1. The van der Waals surface area contributed by atoms with E-state index >= 15 is 0 Å². The predicted octanol–water partition coefficient (Wildman–Crippen LogP) is 1.55. The first-order valence-corrected chi connectivity index (χ1v) is 6.68. The van der Waals surface area contributed by atoms with E-state index in [2.05, 4.69) is 33.6 Å². The minimum atomic E-state index is 0.103. The van der Waals surface area contributed by atoms with Gasteiger partial charge >= 0.3 is 0 Å². The summed E-state index contributed by atoms with van der Waals surface area (Å²) in [4.78, 5) is 14.3. The van der Waals surface area contributed by atoms with Gasteiger partial charge in [-0.2, -0.15) is 9.98 Å². The summed E-state index contributed by atoms with van der Waals surface area (Å²) in [5.41, 5.74) is 6.67. The van der Waals surface area contributed by atoms with E-state index in [9.17, 15) is 0 Å². The van der Waals surface area contributed by atoms with Gasteiger partial charge in [-0.05, 0) is 57.7 Å². The van der Waals surface area contributed by atoms with Crippen LogP contribution in [0, 0.1) is 0 Å². The van der Waals surface area contributed by atoms with Crippen molar-refractivity contribution in [1.82, 2.24) is 9.88 Å². The number of ether oxygens (including phenoxy) is 1. The molecule has 20 heavy (non-hydrogen) atoms. The fraction of sp³-hybridized carbons (Fsp3) is 0.500. The number of nitrogens with zero attached hydrogens (tertiary/aromatic N) is 4. The van der Waals surface area contributed by atoms with Crippen LogP contribution in [-0.2, 0) is 0 Å². The molecule has 2 rings (SSSR count). The number of methoxy groups -OCH3 is 1. The number of rotatable bonds is 3. The highest BCUT2D eigenvalue weighted by Crippen LogP contribution is 2.34. The first kappa shape index (κ1) is 14.5. The van der Waals surface area contributed by atoms with Crippen molar-refractivity contribution in [3.63, 3.8) is 0 Å². The molecule has 1 aromatic rings. The number of hydrogen-bond acceptors (Lipinski definition) is 4. The third kappa shape index (κ3) is 3.33. The molecule has 1 aliphatic rings. The lowest BCUT2D eigenvalue weighted by Crippen LogP contribution is -2.29. The van der Waals surface area contributed by atoms with Crippen LogP contribution in [0.25, 0.3) is 0 Å². The Morgan fingerprint density at radius 1 is 1.45 bits per heavy atom. The van der Waals surface area contributed by atoms with E-state index in [1.165, 1.54) is 0 Å². The number of piperidine rings is 1. The highest BCUT2D eigenvalue weighted by molar-refractivity contribution is 5.84. The van der Waals surface area contributed by atoms with Crippen LogP contribution < -0.4 is 10.5 Å². The standard InChI is InChI=1S/C14H21N5O/c1-16-14(15)18-12-5-4-11(13(17-12)20-3)10-6-8-19(2)9-7-10/h4-5,10H,1,6-9H2,2-3H3,(H2,15,17,18). The van der Waals surface area contributed by atoms with Gasteiger partial charge in [0.05, 0.1) is 7.11 Å². The average molecular weight is 275 g/mol. The Labute approximate surface area is 119 Å². The molecular formula is C14H21N5O. The maximum atomic E-state index is 5.53. The second-order valence-corrected chi connectivity index (χ2v) is 4.97. The molecule has 0 aromatic carbocycles. The smallest absolute Gasteiger partial charge is 0.221 e. The monoisotopic (exact) mass is 275 g/mol. The minimum absolute atomic E-state index is 0.103. The van der Waals surface area contributed by atoms with Gasteiger partial charge in [0.25, 0.3) is 0 Å².